The van der Waals surface area contributed by atoms with Crippen molar-refractivity contribution < 1.29 is 13.9 Å². The van der Waals surface area contributed by atoms with Crippen LogP contribution < -0.4 is 0 Å². The maximum Gasteiger partial charge on any atom is 0.308 e. The molecule has 1 aliphatic rings. The summed E-state index contributed by atoms with van der Waals surface area (Å²) in [4.78, 5) is 11.4. The van der Waals surface area contributed by atoms with E-state index in [0.717, 1.165) is 32.1 Å². The van der Waals surface area contributed by atoms with Crippen molar-refractivity contribution in [3.05, 3.63) is 0 Å². The Morgan fingerprint density at radius 3 is 2.53 bits per heavy atom. The Hall–Kier alpha value is -0.600. The minimum Gasteiger partial charge on any atom is -0.466 e. The van der Waals surface area contributed by atoms with Crippen LogP contribution in [0.25, 0.3) is 0 Å². The van der Waals surface area contributed by atoms with Gasteiger partial charge in [-0.15, -0.1) is 0 Å². The molecule has 0 aromatic rings. The molecule has 0 aliphatic heterocycles. The fraction of sp³-hybridized carbons (Fsp3) is 0.917. The second-order valence-electron chi connectivity index (χ2n) is 4.30. The van der Waals surface area contributed by atoms with Crippen molar-refractivity contribution >= 4 is 5.97 Å². The number of rotatable bonds is 5. The van der Waals surface area contributed by atoms with Gasteiger partial charge in [-0.3, -0.25) is 9.18 Å². The maximum atomic E-state index is 12.0. The second kappa shape index (κ2) is 6.81. The summed E-state index contributed by atoms with van der Waals surface area (Å²) >= 11 is 0. The van der Waals surface area contributed by atoms with E-state index < -0.39 is 0 Å². The molecule has 0 atom stereocenters. The fourth-order valence-corrected chi connectivity index (χ4v) is 2.31. The third-order valence-electron chi connectivity index (χ3n) is 3.21. The first-order valence-corrected chi connectivity index (χ1v) is 6.00. The van der Waals surface area contributed by atoms with Crippen LogP contribution >= 0.6 is 0 Å². The van der Waals surface area contributed by atoms with E-state index in [-0.39, 0.29) is 18.6 Å². The zero-order valence-corrected chi connectivity index (χ0v) is 9.51. The molecule has 3 heteroatoms. The summed E-state index contributed by atoms with van der Waals surface area (Å²) in [5, 5.41) is 0. The Bertz CT molecular complexity index is 186. The summed E-state index contributed by atoms with van der Waals surface area (Å²) in [5.74, 6) is 0.694. The maximum absolute atomic E-state index is 12.0. The van der Waals surface area contributed by atoms with Crippen LogP contribution in [0.3, 0.4) is 0 Å². The Kier molecular flexibility index (Phi) is 5.66. The zero-order chi connectivity index (χ0) is 11.1. The minimum absolute atomic E-state index is 0.0403. The van der Waals surface area contributed by atoms with E-state index in [1.54, 1.807) is 0 Å². The number of alkyl halides is 1. The molecule has 0 spiro atoms. The van der Waals surface area contributed by atoms with Gasteiger partial charge >= 0.3 is 5.97 Å². The smallest absolute Gasteiger partial charge is 0.308 e. The quantitative estimate of drug-likeness (QED) is 0.660. The standard InChI is InChI=1S/C12H21FO2/c1-2-15-12(14)11-7-5-10(6-8-11)4-3-9-13/h10-11H,2-9H2,1H3. The van der Waals surface area contributed by atoms with Gasteiger partial charge in [-0.25, -0.2) is 0 Å². The summed E-state index contributed by atoms with van der Waals surface area (Å²) in [6, 6.07) is 0. The summed E-state index contributed by atoms with van der Waals surface area (Å²) in [6.45, 7) is 2.10. The van der Waals surface area contributed by atoms with E-state index >= 15 is 0 Å². The lowest BCUT2D eigenvalue weighted by Crippen LogP contribution is -2.23. The summed E-state index contributed by atoms with van der Waals surface area (Å²) < 4.78 is 17.0. The molecule has 1 aliphatic carbocycles. The van der Waals surface area contributed by atoms with Crippen molar-refractivity contribution in [1.82, 2.24) is 0 Å². The van der Waals surface area contributed by atoms with Crippen LogP contribution in [0.1, 0.15) is 45.4 Å². The molecule has 88 valence electrons. The van der Waals surface area contributed by atoms with Crippen molar-refractivity contribution in [2.75, 3.05) is 13.3 Å². The van der Waals surface area contributed by atoms with Crippen molar-refractivity contribution in [2.24, 2.45) is 11.8 Å². The molecular weight excluding hydrogens is 195 g/mol. The zero-order valence-electron chi connectivity index (χ0n) is 9.51. The van der Waals surface area contributed by atoms with Gasteiger partial charge in [0, 0.05) is 0 Å². The average Bonchev–Trinajstić information content (AvgIpc) is 2.27. The Balaban J connectivity index is 2.20. The Labute approximate surface area is 91.2 Å². The summed E-state index contributed by atoms with van der Waals surface area (Å²) in [6.07, 6.45) is 5.62. The average molecular weight is 216 g/mol. The van der Waals surface area contributed by atoms with E-state index in [1.165, 1.54) is 0 Å². The molecule has 0 amide bonds. The normalized spacial score (nSPS) is 26.3. The van der Waals surface area contributed by atoms with Crippen LogP contribution in [0.15, 0.2) is 0 Å². The predicted octanol–water partition coefficient (Wildman–Crippen LogP) is 3.11. The van der Waals surface area contributed by atoms with Crippen LogP contribution in [0, 0.1) is 11.8 Å². The van der Waals surface area contributed by atoms with Crippen LogP contribution in [-0.4, -0.2) is 19.3 Å². The lowest BCUT2D eigenvalue weighted by Gasteiger charge is -2.26. The van der Waals surface area contributed by atoms with Gasteiger partial charge in [-0.1, -0.05) is 0 Å². The van der Waals surface area contributed by atoms with E-state index in [2.05, 4.69) is 0 Å². The number of ether oxygens (including phenoxy) is 1. The highest BCUT2D eigenvalue weighted by Crippen LogP contribution is 2.32. The first-order chi connectivity index (χ1) is 7.27. The molecule has 0 heterocycles. The number of esters is 1. The van der Waals surface area contributed by atoms with Crippen LogP contribution in [0.5, 0.6) is 0 Å². The molecule has 0 radical (unpaired) electrons. The Morgan fingerprint density at radius 1 is 1.33 bits per heavy atom. The molecular formula is C12H21FO2. The third-order valence-corrected chi connectivity index (χ3v) is 3.21. The summed E-state index contributed by atoms with van der Waals surface area (Å²) in [5.41, 5.74) is 0. The van der Waals surface area contributed by atoms with Gasteiger partial charge in [0.2, 0.25) is 0 Å². The van der Waals surface area contributed by atoms with Crippen LogP contribution in [0.4, 0.5) is 4.39 Å². The molecule has 1 fully saturated rings. The van der Waals surface area contributed by atoms with Gasteiger partial charge in [-0.2, -0.15) is 0 Å². The molecule has 15 heavy (non-hydrogen) atoms. The molecule has 1 rings (SSSR count). The fourth-order valence-electron chi connectivity index (χ4n) is 2.31. The number of carbonyl (C=O) groups is 1. The highest BCUT2D eigenvalue weighted by molar-refractivity contribution is 5.72. The highest BCUT2D eigenvalue weighted by Gasteiger charge is 2.26. The topological polar surface area (TPSA) is 26.3 Å². The molecule has 0 unspecified atom stereocenters. The van der Waals surface area contributed by atoms with E-state index in [4.69, 9.17) is 4.74 Å². The van der Waals surface area contributed by atoms with Crippen LogP contribution in [-0.2, 0) is 9.53 Å². The van der Waals surface area contributed by atoms with E-state index in [1.807, 2.05) is 6.92 Å². The van der Waals surface area contributed by atoms with E-state index in [0.29, 0.717) is 18.9 Å². The van der Waals surface area contributed by atoms with Crippen molar-refractivity contribution in [3.8, 4) is 0 Å². The molecule has 0 N–H and O–H groups in total. The van der Waals surface area contributed by atoms with Gasteiger partial charge in [0.05, 0.1) is 19.2 Å². The second-order valence-corrected chi connectivity index (χ2v) is 4.30. The van der Waals surface area contributed by atoms with Crippen molar-refractivity contribution in [3.63, 3.8) is 0 Å². The van der Waals surface area contributed by atoms with Crippen molar-refractivity contribution in [2.45, 2.75) is 45.4 Å². The lowest BCUT2D eigenvalue weighted by molar-refractivity contribution is -0.149. The van der Waals surface area contributed by atoms with Gasteiger partial charge in [0.15, 0.2) is 0 Å². The van der Waals surface area contributed by atoms with E-state index in [9.17, 15) is 9.18 Å². The Morgan fingerprint density at radius 2 is 2.00 bits per heavy atom. The predicted molar refractivity (Wildman–Crippen MR) is 57.3 cm³/mol. The van der Waals surface area contributed by atoms with Gasteiger partial charge in [0.1, 0.15) is 0 Å². The molecule has 0 bridgehead atoms. The van der Waals surface area contributed by atoms with Crippen LogP contribution in [0.2, 0.25) is 0 Å². The third kappa shape index (κ3) is 4.18. The SMILES string of the molecule is CCOC(=O)C1CCC(CCCF)CC1. The molecule has 0 saturated heterocycles. The largest absolute Gasteiger partial charge is 0.466 e. The first-order valence-electron chi connectivity index (χ1n) is 6.00. The minimum atomic E-state index is -0.211. The number of hydrogen-bond donors (Lipinski definition) is 0. The molecule has 1 saturated carbocycles. The monoisotopic (exact) mass is 216 g/mol. The van der Waals surface area contributed by atoms with Gasteiger partial charge in [0.25, 0.3) is 0 Å². The number of halogens is 1. The van der Waals surface area contributed by atoms with Gasteiger partial charge < -0.3 is 4.74 Å². The number of carbonyl (C=O) groups excluding carboxylic acids is 1. The first kappa shape index (κ1) is 12.5. The van der Waals surface area contributed by atoms with Gasteiger partial charge in [-0.05, 0) is 51.4 Å². The molecule has 0 aromatic carbocycles. The summed E-state index contributed by atoms with van der Waals surface area (Å²) in [7, 11) is 0. The molecule has 2 nitrogen and oxygen atoms in total. The number of hydrogen-bond acceptors (Lipinski definition) is 2. The highest BCUT2D eigenvalue weighted by atomic mass is 19.1. The molecule has 0 aromatic heterocycles. The lowest BCUT2D eigenvalue weighted by atomic mass is 9.80. The van der Waals surface area contributed by atoms with Crippen molar-refractivity contribution in [1.29, 1.82) is 0 Å².